The third kappa shape index (κ3) is 10.7. The van der Waals surface area contributed by atoms with Gasteiger partial charge in [-0.15, -0.1) is 0 Å². The van der Waals surface area contributed by atoms with Gasteiger partial charge in [0, 0.05) is 6.42 Å². The van der Waals surface area contributed by atoms with Crippen molar-refractivity contribution in [2.45, 2.75) is 58.3 Å². The third-order valence-electron chi connectivity index (χ3n) is 5.02. The molecule has 0 aliphatic carbocycles. The fourth-order valence-electron chi connectivity index (χ4n) is 2.58. The summed E-state index contributed by atoms with van der Waals surface area (Å²) < 4.78 is 10.6. The molecule has 0 amide bonds. The Kier molecular flexibility index (Phi) is 15.6. The fraction of sp³-hybridized carbons (Fsp3) is 0.950. The standard InChI is InChI=1S/C20H40O8/c1-2-3-4-5-6-7-8-9-18(26)28-17-20(13-24,14-25)16-27-15-19(10-21,11-22)12-23/h21-25H,2-17H2,1H3. The van der Waals surface area contributed by atoms with Crippen LogP contribution in [0.1, 0.15) is 58.3 Å². The highest BCUT2D eigenvalue weighted by molar-refractivity contribution is 5.69. The Morgan fingerprint density at radius 1 is 0.679 bits per heavy atom. The minimum absolute atomic E-state index is 0.146. The van der Waals surface area contributed by atoms with Crippen molar-refractivity contribution >= 4 is 5.97 Å². The molecule has 0 fully saturated rings. The molecule has 28 heavy (non-hydrogen) atoms. The highest BCUT2D eigenvalue weighted by Crippen LogP contribution is 2.21. The molecule has 0 aromatic heterocycles. The van der Waals surface area contributed by atoms with Gasteiger partial charge < -0.3 is 35.0 Å². The Morgan fingerprint density at radius 2 is 1.14 bits per heavy atom. The summed E-state index contributed by atoms with van der Waals surface area (Å²) in [6.07, 6.45) is 7.96. The van der Waals surface area contributed by atoms with E-state index in [1.807, 2.05) is 0 Å². The molecule has 0 unspecified atom stereocenters. The molecule has 0 bridgehead atoms. The van der Waals surface area contributed by atoms with Gasteiger partial charge in [-0.1, -0.05) is 45.4 Å². The lowest BCUT2D eigenvalue weighted by atomic mass is 9.90. The second-order valence-electron chi connectivity index (χ2n) is 7.82. The maximum absolute atomic E-state index is 11.9. The van der Waals surface area contributed by atoms with Crippen molar-refractivity contribution in [2.75, 3.05) is 52.9 Å². The van der Waals surface area contributed by atoms with Crippen LogP contribution in [0.2, 0.25) is 0 Å². The summed E-state index contributed by atoms with van der Waals surface area (Å²) in [6, 6.07) is 0. The summed E-state index contributed by atoms with van der Waals surface area (Å²) in [6.45, 7) is -0.675. The topological polar surface area (TPSA) is 137 Å². The van der Waals surface area contributed by atoms with Crippen LogP contribution < -0.4 is 0 Å². The Balaban J connectivity index is 4.24. The number of hydrogen-bond acceptors (Lipinski definition) is 8. The summed E-state index contributed by atoms with van der Waals surface area (Å²) in [4.78, 5) is 11.9. The molecule has 5 N–H and O–H groups in total. The number of esters is 1. The lowest BCUT2D eigenvalue weighted by Crippen LogP contribution is -2.44. The first kappa shape index (κ1) is 27.2. The van der Waals surface area contributed by atoms with E-state index in [1.54, 1.807) is 0 Å². The number of hydrogen-bond donors (Lipinski definition) is 5. The van der Waals surface area contributed by atoms with Crippen molar-refractivity contribution in [3.05, 3.63) is 0 Å². The molecule has 0 aliphatic heterocycles. The van der Waals surface area contributed by atoms with Crippen LogP contribution in [0.4, 0.5) is 0 Å². The van der Waals surface area contributed by atoms with Gasteiger partial charge in [0.2, 0.25) is 0 Å². The van der Waals surface area contributed by atoms with Gasteiger partial charge >= 0.3 is 5.97 Å². The molecule has 0 radical (unpaired) electrons. The minimum Gasteiger partial charge on any atom is -0.465 e. The summed E-state index contributed by atoms with van der Waals surface area (Å²) in [5.74, 6) is -0.379. The summed E-state index contributed by atoms with van der Waals surface area (Å²) >= 11 is 0. The Labute approximate surface area is 168 Å². The van der Waals surface area contributed by atoms with Crippen molar-refractivity contribution < 1.29 is 39.8 Å². The molecule has 0 aromatic rings. The normalized spacial score (nSPS) is 12.4. The summed E-state index contributed by atoms with van der Waals surface area (Å²) in [5, 5.41) is 47.1. The van der Waals surface area contributed by atoms with E-state index in [1.165, 1.54) is 25.7 Å². The molecule has 0 heterocycles. The number of rotatable bonds is 19. The molecular weight excluding hydrogens is 368 g/mol. The molecule has 0 spiro atoms. The maximum Gasteiger partial charge on any atom is 0.305 e. The zero-order chi connectivity index (χ0) is 21.3. The number of carbonyl (C=O) groups excluding carboxylic acids is 1. The molecule has 0 saturated heterocycles. The van der Waals surface area contributed by atoms with E-state index in [-0.39, 0.29) is 25.8 Å². The quantitative estimate of drug-likeness (QED) is 0.155. The molecule has 0 saturated carbocycles. The van der Waals surface area contributed by atoms with E-state index in [0.717, 1.165) is 19.3 Å². The number of unbranched alkanes of at least 4 members (excludes halogenated alkanes) is 6. The third-order valence-corrected chi connectivity index (χ3v) is 5.02. The van der Waals surface area contributed by atoms with Crippen LogP contribution in [0.5, 0.6) is 0 Å². The predicted octanol–water partition coefficient (Wildman–Crippen LogP) is 0.621. The van der Waals surface area contributed by atoms with Gasteiger partial charge in [0.05, 0.1) is 57.1 Å². The zero-order valence-corrected chi connectivity index (χ0v) is 17.3. The molecule has 0 atom stereocenters. The number of ether oxygens (including phenoxy) is 2. The zero-order valence-electron chi connectivity index (χ0n) is 17.3. The van der Waals surface area contributed by atoms with Gasteiger partial charge in [0.15, 0.2) is 0 Å². The van der Waals surface area contributed by atoms with Crippen molar-refractivity contribution in [2.24, 2.45) is 10.8 Å². The average molecular weight is 409 g/mol. The van der Waals surface area contributed by atoms with E-state index in [2.05, 4.69) is 6.92 Å². The van der Waals surface area contributed by atoms with E-state index >= 15 is 0 Å². The fourth-order valence-corrected chi connectivity index (χ4v) is 2.58. The van der Waals surface area contributed by atoms with Crippen LogP contribution in [-0.4, -0.2) is 84.4 Å². The first-order valence-corrected chi connectivity index (χ1v) is 10.2. The van der Waals surface area contributed by atoms with Crippen molar-refractivity contribution in [3.63, 3.8) is 0 Å². The van der Waals surface area contributed by atoms with Gasteiger partial charge in [-0.25, -0.2) is 0 Å². The maximum atomic E-state index is 11.9. The van der Waals surface area contributed by atoms with Gasteiger partial charge in [-0.2, -0.15) is 0 Å². The van der Waals surface area contributed by atoms with Crippen LogP contribution in [0, 0.1) is 10.8 Å². The smallest absolute Gasteiger partial charge is 0.305 e. The number of aliphatic hydroxyl groups is 5. The summed E-state index contributed by atoms with van der Waals surface area (Å²) in [7, 11) is 0. The van der Waals surface area contributed by atoms with Crippen LogP contribution in [0.15, 0.2) is 0 Å². The minimum atomic E-state index is -1.20. The number of aliphatic hydroxyl groups excluding tert-OH is 5. The molecule has 8 nitrogen and oxygen atoms in total. The molecule has 0 aromatic carbocycles. The second kappa shape index (κ2) is 16.1. The first-order chi connectivity index (χ1) is 13.5. The second-order valence-corrected chi connectivity index (χ2v) is 7.82. The molecule has 8 heteroatoms. The van der Waals surface area contributed by atoms with E-state index in [4.69, 9.17) is 9.47 Å². The van der Waals surface area contributed by atoms with Crippen LogP contribution in [0.25, 0.3) is 0 Å². The largest absolute Gasteiger partial charge is 0.465 e. The average Bonchev–Trinajstić information content (AvgIpc) is 2.73. The lowest BCUT2D eigenvalue weighted by molar-refractivity contribution is -0.154. The molecular formula is C20H40O8. The van der Waals surface area contributed by atoms with Crippen molar-refractivity contribution in [3.8, 4) is 0 Å². The Bertz CT molecular complexity index is 372. The predicted molar refractivity (Wildman–Crippen MR) is 105 cm³/mol. The SMILES string of the molecule is CCCCCCCCCC(=O)OCC(CO)(CO)COCC(CO)(CO)CO. The van der Waals surface area contributed by atoms with Crippen LogP contribution in [-0.2, 0) is 14.3 Å². The van der Waals surface area contributed by atoms with Gasteiger partial charge in [0.25, 0.3) is 0 Å². The molecule has 0 aliphatic rings. The van der Waals surface area contributed by atoms with Crippen LogP contribution >= 0.6 is 0 Å². The lowest BCUT2D eigenvalue weighted by Gasteiger charge is -2.32. The Morgan fingerprint density at radius 3 is 1.64 bits per heavy atom. The van der Waals surface area contributed by atoms with E-state index in [0.29, 0.717) is 6.42 Å². The van der Waals surface area contributed by atoms with Crippen molar-refractivity contribution in [1.82, 2.24) is 0 Å². The summed E-state index contributed by atoms with van der Waals surface area (Å²) in [5.41, 5.74) is -2.38. The molecule has 168 valence electrons. The van der Waals surface area contributed by atoms with Crippen LogP contribution in [0.3, 0.4) is 0 Å². The van der Waals surface area contributed by atoms with Crippen molar-refractivity contribution in [1.29, 1.82) is 0 Å². The highest BCUT2D eigenvalue weighted by atomic mass is 16.5. The van der Waals surface area contributed by atoms with Gasteiger partial charge in [0.1, 0.15) is 6.61 Å². The Hall–Kier alpha value is -0.770. The van der Waals surface area contributed by atoms with Gasteiger partial charge in [-0.3, -0.25) is 4.79 Å². The first-order valence-electron chi connectivity index (χ1n) is 10.2. The van der Waals surface area contributed by atoms with E-state index in [9.17, 15) is 30.3 Å². The monoisotopic (exact) mass is 408 g/mol. The van der Waals surface area contributed by atoms with E-state index < -0.39 is 43.9 Å². The number of carbonyl (C=O) groups is 1. The molecule has 0 rings (SSSR count). The highest BCUT2D eigenvalue weighted by Gasteiger charge is 2.34. The van der Waals surface area contributed by atoms with Gasteiger partial charge in [-0.05, 0) is 6.42 Å².